The Hall–Kier alpha value is -2.19. The second kappa shape index (κ2) is 8.95. The molecule has 0 radical (unpaired) electrons. The average Bonchev–Trinajstić information content (AvgIpc) is 2.59. The maximum absolute atomic E-state index is 12.3. The smallest absolute Gasteiger partial charge is 0.333 e. The van der Waals surface area contributed by atoms with Crippen LogP contribution in [0.25, 0.3) is 0 Å². The van der Waals surface area contributed by atoms with E-state index in [-0.39, 0.29) is 5.75 Å². The van der Waals surface area contributed by atoms with E-state index in [0.717, 1.165) is 4.47 Å². The largest absolute Gasteiger partial charge is 0.467 e. The first-order chi connectivity index (χ1) is 12.3. The number of rotatable bonds is 7. The lowest BCUT2D eigenvalue weighted by Crippen LogP contribution is -2.38. The van der Waals surface area contributed by atoms with E-state index in [1.807, 2.05) is 0 Å². The zero-order valence-corrected chi connectivity index (χ0v) is 16.4. The lowest BCUT2D eigenvalue weighted by molar-refractivity contribution is -0.145. The van der Waals surface area contributed by atoms with E-state index in [2.05, 4.69) is 21.2 Å². The molecule has 1 atom stereocenters. The number of hydrogen-bond donors (Lipinski definition) is 1. The molecule has 1 N–H and O–H groups in total. The molecule has 0 spiro atoms. The molecule has 138 valence electrons. The van der Waals surface area contributed by atoms with Gasteiger partial charge in [0.1, 0.15) is 5.75 Å². The summed E-state index contributed by atoms with van der Waals surface area (Å²) in [6.07, 6.45) is 0. The number of esters is 1. The molecule has 2 aromatic rings. The number of carbonyl (C=O) groups excluding carboxylic acids is 2. The van der Waals surface area contributed by atoms with Crippen LogP contribution in [0.3, 0.4) is 0 Å². The Morgan fingerprint density at radius 3 is 2.42 bits per heavy atom. The van der Waals surface area contributed by atoms with Crippen molar-refractivity contribution in [3.05, 3.63) is 70.2 Å². The quantitative estimate of drug-likeness (QED) is 0.668. The molecule has 0 heterocycles. The first-order valence-electron chi connectivity index (χ1n) is 7.68. The molecule has 2 aromatic carbocycles. The zero-order valence-electron chi connectivity index (χ0n) is 14.0. The number of amides is 1. The number of methoxy groups -OCH3 is 1. The highest BCUT2D eigenvalue weighted by Gasteiger charge is 2.26. The zero-order chi connectivity index (χ0) is 19.2. The number of halogens is 1. The van der Waals surface area contributed by atoms with Crippen molar-refractivity contribution in [3.8, 4) is 0 Å². The maximum Gasteiger partial charge on any atom is 0.333 e. The monoisotopic (exact) mass is 439 g/mol. The molecule has 0 aliphatic rings. The highest BCUT2D eigenvalue weighted by molar-refractivity contribution is 9.10. The van der Waals surface area contributed by atoms with E-state index in [9.17, 15) is 18.0 Å². The van der Waals surface area contributed by atoms with Crippen molar-refractivity contribution < 1.29 is 22.7 Å². The average molecular weight is 440 g/mol. The van der Waals surface area contributed by atoms with Crippen molar-refractivity contribution >= 4 is 37.6 Å². The van der Waals surface area contributed by atoms with Crippen LogP contribution in [-0.4, -0.2) is 33.2 Å². The number of sulfone groups is 1. The van der Waals surface area contributed by atoms with Crippen LogP contribution in [0.15, 0.2) is 59.1 Å². The van der Waals surface area contributed by atoms with Gasteiger partial charge in [0.05, 0.1) is 12.9 Å². The van der Waals surface area contributed by atoms with Gasteiger partial charge in [-0.25, -0.2) is 13.2 Å². The Morgan fingerprint density at radius 1 is 1.12 bits per heavy atom. The van der Waals surface area contributed by atoms with Crippen molar-refractivity contribution in [2.75, 3.05) is 12.9 Å². The first kappa shape index (κ1) is 20.1. The minimum Gasteiger partial charge on any atom is -0.467 e. The standard InChI is InChI=1S/C18H18BrNO5S/c1-25-18(22)17(14-7-3-2-4-8-14)20-16(21)12-26(23,24)11-13-6-5-9-15(19)10-13/h2-10,17H,11-12H2,1H3,(H,20,21). The Labute approximate surface area is 160 Å². The van der Waals surface area contributed by atoms with Crippen LogP contribution in [0, 0.1) is 0 Å². The third-order valence-electron chi connectivity index (χ3n) is 3.50. The molecule has 0 aliphatic carbocycles. The van der Waals surface area contributed by atoms with Crippen LogP contribution in [0.1, 0.15) is 17.2 Å². The SMILES string of the molecule is COC(=O)C(NC(=O)CS(=O)(=O)Cc1cccc(Br)c1)c1ccccc1. The Balaban J connectivity index is 2.08. The summed E-state index contributed by atoms with van der Waals surface area (Å²) in [6.45, 7) is 0. The molecule has 0 aliphatic heterocycles. The first-order valence-corrected chi connectivity index (χ1v) is 10.3. The molecule has 0 aromatic heterocycles. The van der Waals surface area contributed by atoms with Gasteiger partial charge in [-0.3, -0.25) is 4.79 Å². The van der Waals surface area contributed by atoms with Gasteiger partial charge in [0.25, 0.3) is 0 Å². The molecule has 1 amide bonds. The van der Waals surface area contributed by atoms with Crippen molar-refractivity contribution in [2.45, 2.75) is 11.8 Å². The van der Waals surface area contributed by atoms with Crippen LogP contribution in [0.2, 0.25) is 0 Å². The summed E-state index contributed by atoms with van der Waals surface area (Å²) in [5, 5.41) is 2.44. The minimum atomic E-state index is -3.70. The summed E-state index contributed by atoms with van der Waals surface area (Å²) in [4.78, 5) is 24.2. The van der Waals surface area contributed by atoms with Crippen molar-refractivity contribution in [2.24, 2.45) is 0 Å². The van der Waals surface area contributed by atoms with Crippen LogP contribution in [-0.2, 0) is 29.9 Å². The van der Waals surface area contributed by atoms with Gasteiger partial charge in [-0.05, 0) is 23.3 Å². The van der Waals surface area contributed by atoms with Gasteiger partial charge in [-0.1, -0.05) is 58.4 Å². The fraction of sp³-hybridized carbons (Fsp3) is 0.222. The van der Waals surface area contributed by atoms with Gasteiger partial charge in [-0.2, -0.15) is 0 Å². The lowest BCUT2D eigenvalue weighted by atomic mass is 10.1. The molecule has 0 saturated carbocycles. The molecule has 6 nitrogen and oxygen atoms in total. The Kier molecular flexibility index (Phi) is 6.93. The second-order valence-corrected chi connectivity index (χ2v) is 8.58. The summed E-state index contributed by atoms with van der Waals surface area (Å²) in [7, 11) is -2.49. The van der Waals surface area contributed by atoms with Gasteiger partial charge in [0.15, 0.2) is 15.9 Å². The number of carbonyl (C=O) groups is 2. The molecule has 0 bridgehead atoms. The summed E-state index contributed by atoms with van der Waals surface area (Å²) in [5.41, 5.74) is 1.08. The third-order valence-corrected chi connectivity index (χ3v) is 5.47. The van der Waals surface area contributed by atoms with Gasteiger partial charge >= 0.3 is 5.97 Å². The fourth-order valence-corrected chi connectivity index (χ4v) is 4.09. The van der Waals surface area contributed by atoms with Gasteiger partial charge < -0.3 is 10.1 Å². The van der Waals surface area contributed by atoms with Gasteiger partial charge in [0, 0.05) is 4.47 Å². The van der Waals surface area contributed by atoms with E-state index in [0.29, 0.717) is 11.1 Å². The molecule has 1 unspecified atom stereocenters. The lowest BCUT2D eigenvalue weighted by Gasteiger charge is -2.17. The van der Waals surface area contributed by atoms with E-state index >= 15 is 0 Å². The van der Waals surface area contributed by atoms with Gasteiger partial charge in [-0.15, -0.1) is 0 Å². The van der Waals surface area contributed by atoms with E-state index in [1.54, 1.807) is 54.6 Å². The second-order valence-electron chi connectivity index (χ2n) is 5.60. The topological polar surface area (TPSA) is 89.5 Å². The highest BCUT2D eigenvalue weighted by atomic mass is 79.9. The van der Waals surface area contributed by atoms with Crippen molar-refractivity contribution in [1.82, 2.24) is 5.32 Å². The number of hydrogen-bond acceptors (Lipinski definition) is 5. The molecule has 8 heteroatoms. The van der Waals surface area contributed by atoms with Crippen LogP contribution in [0.4, 0.5) is 0 Å². The maximum atomic E-state index is 12.3. The molecule has 0 saturated heterocycles. The van der Waals surface area contributed by atoms with Crippen molar-refractivity contribution in [1.29, 1.82) is 0 Å². The number of ether oxygens (including phenoxy) is 1. The van der Waals surface area contributed by atoms with Crippen LogP contribution in [0.5, 0.6) is 0 Å². The summed E-state index contributed by atoms with van der Waals surface area (Å²) < 4.78 is 30.0. The minimum absolute atomic E-state index is 0.270. The summed E-state index contributed by atoms with van der Waals surface area (Å²) in [6, 6.07) is 14.3. The highest BCUT2D eigenvalue weighted by Crippen LogP contribution is 2.16. The van der Waals surface area contributed by atoms with Crippen molar-refractivity contribution in [3.63, 3.8) is 0 Å². The number of nitrogens with one attached hydrogen (secondary N) is 1. The van der Waals surface area contributed by atoms with Crippen LogP contribution < -0.4 is 5.32 Å². The van der Waals surface area contributed by atoms with Crippen LogP contribution >= 0.6 is 15.9 Å². The predicted octanol–water partition coefficient (Wildman–Crippen LogP) is 2.39. The Bertz CT molecular complexity index is 883. The fourth-order valence-electron chi connectivity index (χ4n) is 2.38. The Morgan fingerprint density at radius 2 is 1.81 bits per heavy atom. The van der Waals surface area contributed by atoms with E-state index in [4.69, 9.17) is 4.74 Å². The third kappa shape index (κ3) is 5.96. The van der Waals surface area contributed by atoms with E-state index < -0.39 is 33.5 Å². The summed E-state index contributed by atoms with van der Waals surface area (Å²) in [5.74, 6) is -2.43. The predicted molar refractivity (Wildman–Crippen MR) is 101 cm³/mol. The molecular formula is C18H18BrNO5S. The normalized spacial score (nSPS) is 12.2. The number of benzene rings is 2. The van der Waals surface area contributed by atoms with Gasteiger partial charge in [0.2, 0.25) is 5.91 Å². The molecular weight excluding hydrogens is 422 g/mol. The summed E-state index contributed by atoms with van der Waals surface area (Å²) >= 11 is 3.28. The molecule has 0 fully saturated rings. The van der Waals surface area contributed by atoms with E-state index in [1.165, 1.54) is 7.11 Å². The molecule has 26 heavy (non-hydrogen) atoms. The molecule has 2 rings (SSSR count).